The molecule has 0 amide bonds. The highest BCUT2D eigenvalue weighted by Gasteiger charge is 1.99. The lowest BCUT2D eigenvalue weighted by atomic mass is 11.0. The Bertz CT molecular complexity index is 55.7. The number of rotatable bonds is 6. The van der Waals surface area contributed by atoms with Gasteiger partial charge < -0.3 is 3.90 Å². The fourth-order valence-corrected chi connectivity index (χ4v) is 11.6. The zero-order chi connectivity index (χ0) is 7.82. The number of hydrogen-bond donors (Lipinski definition) is 0. The molecule has 0 bridgehead atoms. The van der Waals surface area contributed by atoms with Crippen molar-refractivity contribution in [3.63, 3.8) is 0 Å². The summed E-state index contributed by atoms with van der Waals surface area (Å²) in [6, 6.07) is 4.50. The maximum absolute atomic E-state index is 2.96. The molecule has 0 aliphatic heterocycles. The second kappa shape index (κ2) is 7.71. The first-order valence-corrected chi connectivity index (χ1v) is 9.47. The van der Waals surface area contributed by atoms with Gasteiger partial charge in [0.15, 0.2) is 0 Å². The molecule has 0 aliphatic carbocycles. The zero-order valence-corrected chi connectivity index (χ0v) is 11.9. The van der Waals surface area contributed by atoms with Crippen molar-refractivity contribution in [1.29, 1.82) is 0 Å². The van der Waals surface area contributed by atoms with Crippen LogP contribution in [0.4, 0.5) is 0 Å². The van der Waals surface area contributed by atoms with Gasteiger partial charge in [-0.2, -0.15) is 0 Å². The molecule has 0 aromatic carbocycles. The van der Waals surface area contributed by atoms with Gasteiger partial charge in [0.25, 0.3) is 0 Å². The largest absolute Gasteiger partial charge is 0.383 e. The maximum Gasteiger partial charge on any atom is 0.0799 e. The first-order valence-electron chi connectivity index (χ1n) is 4.57. The van der Waals surface area contributed by atoms with Crippen LogP contribution in [0.2, 0.25) is 18.1 Å². The average Bonchev–Trinajstić information content (AvgIpc) is 1.90. The molecule has 0 aromatic heterocycles. The Kier molecular flexibility index (Phi) is 8.19. The van der Waals surface area contributed by atoms with Gasteiger partial charge in [0, 0.05) is 0 Å². The number of hydrogen-bond acceptors (Lipinski definition) is 1. The van der Waals surface area contributed by atoms with Crippen LogP contribution >= 0.6 is 0 Å². The molecular formula is C6H21NSi3. The first kappa shape index (κ1) is 10.6. The van der Waals surface area contributed by atoms with Crippen molar-refractivity contribution in [3.05, 3.63) is 0 Å². The molecule has 0 aliphatic rings. The van der Waals surface area contributed by atoms with Crippen molar-refractivity contribution in [2.45, 2.75) is 38.9 Å². The van der Waals surface area contributed by atoms with Gasteiger partial charge >= 0.3 is 0 Å². The lowest BCUT2D eigenvalue weighted by Crippen LogP contribution is -2.33. The maximum atomic E-state index is 2.96. The standard InChI is InChI=1S/C6H21NSi3/c1-4-8-7(9-5-2)10-6-3/h4-6,8-10H2,1-3H3. The number of nitrogens with zero attached hydrogens (tertiary/aromatic N) is 1. The van der Waals surface area contributed by atoms with Crippen LogP contribution in [0.1, 0.15) is 20.8 Å². The minimum Gasteiger partial charge on any atom is -0.383 e. The lowest BCUT2D eigenvalue weighted by Gasteiger charge is -2.18. The topological polar surface area (TPSA) is 3.24 Å². The summed E-state index contributed by atoms with van der Waals surface area (Å²) in [6.07, 6.45) is 0. The van der Waals surface area contributed by atoms with E-state index < -0.39 is 0 Å². The van der Waals surface area contributed by atoms with E-state index in [1.807, 2.05) is 0 Å². The molecule has 0 radical (unpaired) electrons. The molecule has 0 saturated heterocycles. The van der Waals surface area contributed by atoms with Crippen LogP contribution in [0.5, 0.6) is 0 Å². The zero-order valence-electron chi connectivity index (χ0n) is 7.69. The second-order valence-corrected chi connectivity index (χ2v) is 12.5. The van der Waals surface area contributed by atoms with Crippen molar-refractivity contribution >= 4 is 29.0 Å². The van der Waals surface area contributed by atoms with E-state index in [0.29, 0.717) is 0 Å². The Morgan fingerprint density at radius 2 is 1.10 bits per heavy atom. The van der Waals surface area contributed by atoms with Gasteiger partial charge in [-0.15, -0.1) is 0 Å². The van der Waals surface area contributed by atoms with Crippen LogP contribution in [-0.4, -0.2) is 32.9 Å². The quantitative estimate of drug-likeness (QED) is 0.528. The van der Waals surface area contributed by atoms with Gasteiger partial charge in [-0.25, -0.2) is 0 Å². The second-order valence-electron chi connectivity index (χ2n) is 2.84. The van der Waals surface area contributed by atoms with Gasteiger partial charge in [-0.3, -0.25) is 0 Å². The van der Waals surface area contributed by atoms with E-state index >= 15 is 0 Å². The molecule has 0 spiro atoms. The summed E-state index contributed by atoms with van der Waals surface area (Å²) in [4.78, 5) is 0. The Balaban J connectivity index is 3.30. The van der Waals surface area contributed by atoms with Crippen molar-refractivity contribution < 1.29 is 0 Å². The smallest absolute Gasteiger partial charge is 0.0799 e. The van der Waals surface area contributed by atoms with Crippen LogP contribution in [-0.2, 0) is 0 Å². The van der Waals surface area contributed by atoms with Gasteiger partial charge in [0.1, 0.15) is 0 Å². The summed E-state index contributed by atoms with van der Waals surface area (Å²) in [5.74, 6) is 0. The fraction of sp³-hybridized carbons (Fsp3) is 1.00. The summed E-state index contributed by atoms with van der Waals surface area (Å²) in [5.41, 5.74) is 0. The van der Waals surface area contributed by atoms with E-state index in [0.717, 1.165) is 0 Å². The van der Waals surface area contributed by atoms with Crippen molar-refractivity contribution in [3.8, 4) is 0 Å². The van der Waals surface area contributed by atoms with Crippen LogP contribution in [0.15, 0.2) is 0 Å². The Labute approximate surface area is 72.3 Å². The molecule has 0 unspecified atom stereocenters. The van der Waals surface area contributed by atoms with E-state index in [1.165, 1.54) is 18.1 Å². The predicted octanol–water partition coefficient (Wildman–Crippen LogP) is -0.146. The Morgan fingerprint density at radius 1 is 0.800 bits per heavy atom. The molecule has 0 rings (SSSR count). The van der Waals surface area contributed by atoms with Gasteiger partial charge in [-0.1, -0.05) is 38.9 Å². The summed E-state index contributed by atoms with van der Waals surface area (Å²) < 4.78 is 2.96. The molecule has 0 aromatic rings. The van der Waals surface area contributed by atoms with E-state index in [-0.39, 0.29) is 29.0 Å². The minimum absolute atomic E-state index is 0.270. The van der Waals surface area contributed by atoms with Crippen molar-refractivity contribution in [2.24, 2.45) is 0 Å². The highest BCUT2D eigenvalue weighted by Crippen LogP contribution is 1.89. The molecule has 0 fully saturated rings. The fourth-order valence-electron chi connectivity index (χ4n) is 1.28. The van der Waals surface area contributed by atoms with Crippen molar-refractivity contribution in [1.82, 2.24) is 3.90 Å². The summed E-state index contributed by atoms with van der Waals surface area (Å²) in [6.45, 7) is 7.06. The van der Waals surface area contributed by atoms with E-state index in [1.54, 1.807) is 0 Å². The molecule has 0 heterocycles. The normalized spacial score (nSPS) is 14.4. The van der Waals surface area contributed by atoms with Gasteiger partial charge in [0.05, 0.1) is 29.0 Å². The Morgan fingerprint density at radius 3 is 1.30 bits per heavy atom. The average molecular weight is 191 g/mol. The third-order valence-electron chi connectivity index (χ3n) is 1.62. The molecule has 62 valence electrons. The summed E-state index contributed by atoms with van der Waals surface area (Å²) in [5, 5.41) is 0. The predicted molar refractivity (Wildman–Crippen MR) is 58.9 cm³/mol. The highest BCUT2D eigenvalue weighted by molar-refractivity contribution is 6.65. The van der Waals surface area contributed by atoms with Crippen LogP contribution < -0.4 is 0 Å². The molecule has 0 atom stereocenters. The molecular weight excluding hydrogens is 170 g/mol. The summed E-state index contributed by atoms with van der Waals surface area (Å²) in [7, 11) is 0.811. The minimum atomic E-state index is 0.270. The van der Waals surface area contributed by atoms with Gasteiger partial charge in [-0.05, 0) is 0 Å². The molecule has 10 heavy (non-hydrogen) atoms. The molecule has 0 saturated carbocycles. The third kappa shape index (κ3) is 5.40. The van der Waals surface area contributed by atoms with Crippen LogP contribution in [0, 0.1) is 0 Å². The highest BCUT2D eigenvalue weighted by atomic mass is 28.4. The third-order valence-corrected chi connectivity index (χ3v) is 10.6. The van der Waals surface area contributed by atoms with E-state index in [4.69, 9.17) is 0 Å². The monoisotopic (exact) mass is 191 g/mol. The molecule has 1 nitrogen and oxygen atoms in total. The van der Waals surface area contributed by atoms with Crippen LogP contribution in [0.3, 0.4) is 0 Å². The first-order chi connectivity index (χ1) is 4.85. The Hall–Kier alpha value is 0.611. The van der Waals surface area contributed by atoms with Crippen LogP contribution in [0.25, 0.3) is 0 Å². The van der Waals surface area contributed by atoms with E-state index in [2.05, 4.69) is 24.7 Å². The molecule has 4 heteroatoms. The SMILES string of the molecule is CC[SiH2]N([SiH2]CC)[SiH2]CC. The van der Waals surface area contributed by atoms with Gasteiger partial charge in [0.2, 0.25) is 0 Å². The van der Waals surface area contributed by atoms with Crippen molar-refractivity contribution in [2.75, 3.05) is 0 Å². The van der Waals surface area contributed by atoms with E-state index in [9.17, 15) is 0 Å². The lowest BCUT2D eigenvalue weighted by molar-refractivity contribution is 1.03. The summed E-state index contributed by atoms with van der Waals surface area (Å²) >= 11 is 0. The molecule has 0 N–H and O–H groups in total.